The molecule has 0 saturated heterocycles. The van der Waals surface area contributed by atoms with E-state index < -0.39 is 0 Å². The summed E-state index contributed by atoms with van der Waals surface area (Å²) >= 11 is 3.96. The molecule has 0 spiro atoms. The van der Waals surface area contributed by atoms with Gasteiger partial charge in [0.25, 0.3) is 0 Å². The van der Waals surface area contributed by atoms with E-state index in [0.29, 0.717) is 9.74 Å². The normalized spacial score (nSPS) is 40.8. The van der Waals surface area contributed by atoms with Crippen LogP contribution >= 0.6 is 15.9 Å². The van der Waals surface area contributed by atoms with Crippen LogP contribution in [-0.2, 0) is 70.8 Å². The average molecular weight is 681 g/mol. The first-order valence-electron chi connectivity index (χ1n) is 13.6. The van der Waals surface area contributed by atoms with Crippen LogP contribution in [0.2, 0.25) is 0 Å². The van der Waals surface area contributed by atoms with Gasteiger partial charge in [0.1, 0.15) is 0 Å². The summed E-state index contributed by atoms with van der Waals surface area (Å²) in [5.74, 6) is 6.45. The molecule has 0 N–H and O–H groups in total. The van der Waals surface area contributed by atoms with Gasteiger partial charge in [-0.3, -0.25) is 0 Å². The Kier molecular flexibility index (Phi) is 10.4. The number of rotatable bonds is 1. The standard InChI is InChI=1S/C16H19.C10H15Br.C6H5.2Y/c1-2-4-15(5-3-1)16-9-12-6-13(10-16)8-14(7-12)11-16;11-10-4-7-1-8(5-10)3-9(2-7)6-10;1-2-4-6-5-3-1;;/h2-5,12-14H,6-11H2;7-9H,1-6H2;1-5H;;/q-1;;-1;;. The molecule has 35 heavy (non-hydrogen) atoms. The van der Waals surface area contributed by atoms with Crippen molar-refractivity contribution in [3.63, 3.8) is 0 Å². The smallest absolute Gasteiger partial charge is 0.0266 e. The molecule has 8 aliphatic carbocycles. The zero-order chi connectivity index (χ0) is 22.3. The molecule has 8 bridgehead atoms. The molecule has 0 heterocycles. The Morgan fingerprint density at radius 1 is 0.543 bits per heavy atom. The second kappa shape index (κ2) is 12.5. The number of halogens is 1. The Labute approximate surface area is 272 Å². The van der Waals surface area contributed by atoms with E-state index in [1.165, 1.54) is 57.8 Å². The minimum Gasteiger partial charge on any atom is -0.184 e. The monoisotopic (exact) mass is 680 g/mol. The first-order valence-corrected chi connectivity index (χ1v) is 14.4. The summed E-state index contributed by atoms with van der Waals surface area (Å²) in [4.78, 5) is 0. The van der Waals surface area contributed by atoms with E-state index in [4.69, 9.17) is 0 Å². The molecule has 0 nitrogen and oxygen atoms in total. The maximum atomic E-state index is 3.96. The molecule has 2 aromatic carbocycles. The molecule has 182 valence electrons. The Morgan fingerprint density at radius 2 is 0.914 bits per heavy atom. The predicted molar refractivity (Wildman–Crippen MR) is 140 cm³/mol. The third-order valence-corrected chi connectivity index (χ3v) is 10.9. The molecule has 2 radical (unpaired) electrons. The summed E-state index contributed by atoms with van der Waals surface area (Å²) in [5, 5.41) is 0. The first-order chi connectivity index (χ1) is 16.1. The summed E-state index contributed by atoms with van der Waals surface area (Å²) in [6, 6.07) is 24.5. The Bertz CT molecular complexity index is 814. The van der Waals surface area contributed by atoms with Gasteiger partial charge in [-0.1, -0.05) is 15.9 Å². The molecule has 0 aliphatic heterocycles. The molecule has 0 amide bonds. The number of hydrogen-bond donors (Lipinski definition) is 0. The van der Waals surface area contributed by atoms with Gasteiger partial charge in [-0.05, 0) is 118 Å². The van der Waals surface area contributed by atoms with Crippen molar-refractivity contribution >= 4 is 15.9 Å². The summed E-state index contributed by atoms with van der Waals surface area (Å²) in [7, 11) is 0. The molecule has 8 fully saturated rings. The predicted octanol–water partition coefficient (Wildman–Crippen LogP) is 8.79. The Hall–Kier alpha value is 1.13. The van der Waals surface area contributed by atoms with E-state index in [9.17, 15) is 0 Å². The van der Waals surface area contributed by atoms with E-state index in [1.54, 1.807) is 24.8 Å². The van der Waals surface area contributed by atoms with Crippen molar-refractivity contribution < 1.29 is 65.4 Å². The molecular weight excluding hydrogens is 642 g/mol. The van der Waals surface area contributed by atoms with Crippen molar-refractivity contribution in [2.24, 2.45) is 35.5 Å². The summed E-state index contributed by atoms with van der Waals surface area (Å²) in [5.41, 5.74) is 2.19. The molecule has 3 heteroatoms. The van der Waals surface area contributed by atoms with Gasteiger partial charge >= 0.3 is 0 Å². The summed E-state index contributed by atoms with van der Waals surface area (Å²) in [6.45, 7) is 0. The maximum absolute atomic E-state index is 3.96. The molecule has 0 unspecified atom stereocenters. The average Bonchev–Trinajstić information content (AvgIpc) is 2.79. The van der Waals surface area contributed by atoms with Crippen molar-refractivity contribution in [1.82, 2.24) is 0 Å². The molecule has 0 atom stereocenters. The number of hydrogen-bond acceptors (Lipinski definition) is 0. The van der Waals surface area contributed by atoms with Crippen molar-refractivity contribution in [2.45, 2.75) is 86.8 Å². The second-order valence-corrected chi connectivity index (χ2v) is 14.3. The van der Waals surface area contributed by atoms with Crippen LogP contribution < -0.4 is 0 Å². The fraction of sp³-hybridized carbons (Fsp3) is 0.625. The van der Waals surface area contributed by atoms with Crippen molar-refractivity contribution in [3.8, 4) is 0 Å². The SMILES string of the molecule is BrC12CC3CC(CC(C3)C1)C2.[Y].[Y].[c-]1ccc(C23CC4CC(CC(C4)C2)C3)cc1.[c-]1ccccc1. The fourth-order valence-electron chi connectivity index (χ4n) is 9.55. The fourth-order valence-corrected chi connectivity index (χ4v) is 10.9. The van der Waals surface area contributed by atoms with Crippen molar-refractivity contribution in [2.75, 3.05) is 0 Å². The van der Waals surface area contributed by atoms with Gasteiger partial charge in [0.05, 0.1) is 0 Å². The van der Waals surface area contributed by atoms with E-state index in [2.05, 4.69) is 52.3 Å². The van der Waals surface area contributed by atoms with Crippen LogP contribution in [0.3, 0.4) is 0 Å². The summed E-state index contributed by atoms with van der Waals surface area (Å²) < 4.78 is 0.613. The van der Waals surface area contributed by atoms with Crippen LogP contribution in [0.15, 0.2) is 54.6 Å². The van der Waals surface area contributed by atoms with E-state index in [1.807, 2.05) is 30.3 Å². The minimum absolute atomic E-state index is 0. The maximum Gasteiger partial charge on any atom is 0.0266 e. The second-order valence-electron chi connectivity index (χ2n) is 12.6. The van der Waals surface area contributed by atoms with Crippen LogP contribution in [0.25, 0.3) is 0 Å². The zero-order valence-electron chi connectivity index (χ0n) is 21.2. The van der Waals surface area contributed by atoms with Gasteiger partial charge in [0.15, 0.2) is 0 Å². The largest absolute Gasteiger partial charge is 0.184 e. The van der Waals surface area contributed by atoms with Gasteiger partial charge in [0, 0.05) is 69.7 Å². The molecular formula is C32H39BrY2-2. The van der Waals surface area contributed by atoms with Gasteiger partial charge < -0.3 is 0 Å². The van der Waals surface area contributed by atoms with Crippen LogP contribution in [0.5, 0.6) is 0 Å². The van der Waals surface area contributed by atoms with Crippen LogP contribution in [0.1, 0.15) is 82.6 Å². The molecule has 2 aromatic rings. The Balaban J connectivity index is 0.000000133. The number of alkyl halides is 1. The third kappa shape index (κ3) is 6.83. The molecule has 8 aliphatic rings. The molecule has 8 saturated carbocycles. The van der Waals surface area contributed by atoms with E-state index in [-0.39, 0.29) is 65.4 Å². The van der Waals surface area contributed by atoms with Crippen molar-refractivity contribution in [1.29, 1.82) is 0 Å². The van der Waals surface area contributed by atoms with Gasteiger partial charge in [-0.25, -0.2) is 0 Å². The van der Waals surface area contributed by atoms with Gasteiger partial charge in [-0.2, -0.15) is 72.3 Å². The number of benzene rings is 2. The summed E-state index contributed by atoms with van der Waals surface area (Å²) in [6.07, 6.45) is 18.2. The van der Waals surface area contributed by atoms with Gasteiger partial charge in [-0.15, -0.1) is 0 Å². The minimum atomic E-state index is 0. The van der Waals surface area contributed by atoms with Crippen LogP contribution in [0.4, 0.5) is 0 Å². The van der Waals surface area contributed by atoms with Crippen LogP contribution in [0, 0.1) is 47.6 Å². The Morgan fingerprint density at radius 3 is 1.23 bits per heavy atom. The van der Waals surface area contributed by atoms with E-state index in [0.717, 1.165) is 35.5 Å². The quantitative estimate of drug-likeness (QED) is 0.209. The van der Waals surface area contributed by atoms with Crippen molar-refractivity contribution in [3.05, 3.63) is 72.3 Å². The van der Waals surface area contributed by atoms with Crippen LogP contribution in [-0.4, -0.2) is 4.32 Å². The van der Waals surface area contributed by atoms with E-state index >= 15 is 0 Å². The third-order valence-electron chi connectivity index (χ3n) is 9.94. The first kappa shape index (κ1) is 29.1. The zero-order valence-corrected chi connectivity index (χ0v) is 28.4. The molecule has 10 rings (SSSR count). The molecule has 0 aromatic heterocycles. The van der Waals surface area contributed by atoms with Gasteiger partial charge in [0.2, 0.25) is 0 Å². The topological polar surface area (TPSA) is 0 Å².